The van der Waals surface area contributed by atoms with Gasteiger partial charge in [-0.25, -0.2) is 0 Å². The molecule has 6 heteroatoms. The van der Waals surface area contributed by atoms with Gasteiger partial charge in [-0.2, -0.15) is 0 Å². The minimum atomic E-state index is -0.717. The number of benzene rings is 1. The molecule has 0 aromatic heterocycles. The summed E-state index contributed by atoms with van der Waals surface area (Å²) in [7, 11) is 0. The second kappa shape index (κ2) is 3.82. The van der Waals surface area contributed by atoms with E-state index in [0.29, 0.717) is 5.69 Å². The van der Waals surface area contributed by atoms with E-state index in [-0.39, 0.29) is 17.8 Å². The summed E-state index contributed by atoms with van der Waals surface area (Å²) in [5.41, 5.74) is 0.266. The van der Waals surface area contributed by atoms with Crippen LogP contribution in [-0.2, 0) is 4.79 Å². The van der Waals surface area contributed by atoms with Crippen LogP contribution in [-0.4, -0.2) is 23.2 Å². The van der Waals surface area contributed by atoms with Crippen LogP contribution in [0.4, 0.5) is 11.4 Å². The standard InChI is InChI=1S/C11H8N2O4/c1-2-5-12-9-4-3-7(13(16)17)6-8(9)10(14)11(12)15/h2-4,6H,1,5H2. The third-order valence-electron chi connectivity index (χ3n) is 2.48. The molecule has 1 heterocycles. The van der Waals surface area contributed by atoms with E-state index < -0.39 is 16.6 Å². The average molecular weight is 232 g/mol. The number of amides is 1. The van der Waals surface area contributed by atoms with E-state index in [1.165, 1.54) is 23.1 Å². The van der Waals surface area contributed by atoms with E-state index in [4.69, 9.17) is 0 Å². The molecule has 1 aromatic rings. The molecule has 1 aliphatic heterocycles. The zero-order valence-electron chi connectivity index (χ0n) is 8.75. The molecule has 0 saturated carbocycles. The first-order chi connectivity index (χ1) is 8.06. The summed E-state index contributed by atoms with van der Waals surface area (Å²) in [6.07, 6.45) is 1.49. The lowest BCUT2D eigenvalue weighted by Crippen LogP contribution is -2.29. The number of non-ortho nitro benzene ring substituents is 1. The summed E-state index contributed by atoms with van der Waals surface area (Å²) in [4.78, 5) is 34.4. The highest BCUT2D eigenvalue weighted by molar-refractivity contribution is 6.52. The molecule has 2 rings (SSSR count). The van der Waals surface area contributed by atoms with Gasteiger partial charge < -0.3 is 4.90 Å². The molecule has 0 radical (unpaired) electrons. The highest BCUT2D eigenvalue weighted by Crippen LogP contribution is 2.31. The van der Waals surface area contributed by atoms with Crippen molar-refractivity contribution in [2.45, 2.75) is 0 Å². The number of hydrogen-bond acceptors (Lipinski definition) is 4. The third-order valence-corrected chi connectivity index (χ3v) is 2.48. The van der Waals surface area contributed by atoms with Gasteiger partial charge in [-0.05, 0) is 6.07 Å². The molecule has 6 nitrogen and oxygen atoms in total. The maximum absolute atomic E-state index is 11.6. The minimum Gasteiger partial charge on any atom is -0.301 e. The molecular formula is C11H8N2O4. The summed E-state index contributed by atoms with van der Waals surface area (Å²) in [5.74, 6) is -1.40. The van der Waals surface area contributed by atoms with Gasteiger partial charge in [-0.3, -0.25) is 19.7 Å². The molecule has 0 saturated heterocycles. The number of nitrogens with zero attached hydrogens (tertiary/aromatic N) is 2. The van der Waals surface area contributed by atoms with Crippen molar-refractivity contribution in [2.24, 2.45) is 0 Å². The van der Waals surface area contributed by atoms with Crippen LogP contribution < -0.4 is 4.90 Å². The highest BCUT2D eigenvalue weighted by Gasteiger charge is 2.36. The number of nitro benzene ring substituents is 1. The number of nitro groups is 1. The quantitative estimate of drug-likeness (QED) is 0.340. The second-order valence-corrected chi connectivity index (χ2v) is 3.49. The maximum atomic E-state index is 11.6. The van der Waals surface area contributed by atoms with Gasteiger partial charge in [0.1, 0.15) is 0 Å². The topological polar surface area (TPSA) is 80.5 Å². The van der Waals surface area contributed by atoms with Gasteiger partial charge in [0.2, 0.25) is 0 Å². The van der Waals surface area contributed by atoms with Gasteiger partial charge in [-0.15, -0.1) is 6.58 Å². The van der Waals surface area contributed by atoms with E-state index in [0.717, 1.165) is 6.07 Å². The Balaban J connectivity index is 2.54. The van der Waals surface area contributed by atoms with E-state index >= 15 is 0 Å². The smallest absolute Gasteiger partial charge is 0.299 e. The molecule has 86 valence electrons. The zero-order chi connectivity index (χ0) is 12.6. The summed E-state index contributed by atoms with van der Waals surface area (Å²) in [6, 6.07) is 3.79. The molecule has 17 heavy (non-hydrogen) atoms. The molecular weight excluding hydrogens is 224 g/mol. The number of ketones is 1. The van der Waals surface area contributed by atoms with E-state index in [1.54, 1.807) is 0 Å². The molecule has 0 unspecified atom stereocenters. The van der Waals surface area contributed by atoms with E-state index in [9.17, 15) is 19.7 Å². The second-order valence-electron chi connectivity index (χ2n) is 3.49. The van der Waals surface area contributed by atoms with Gasteiger partial charge in [0.25, 0.3) is 17.4 Å². The lowest BCUT2D eigenvalue weighted by Gasteiger charge is -2.12. The van der Waals surface area contributed by atoms with Gasteiger partial charge in [0.15, 0.2) is 0 Å². The molecule has 1 amide bonds. The fraction of sp³-hybridized carbons (Fsp3) is 0.0909. The van der Waals surface area contributed by atoms with Crippen molar-refractivity contribution in [3.8, 4) is 0 Å². The van der Waals surface area contributed by atoms with Crippen LogP contribution in [0.1, 0.15) is 10.4 Å². The lowest BCUT2D eigenvalue weighted by molar-refractivity contribution is -0.384. The predicted octanol–water partition coefficient (Wildman–Crippen LogP) is 1.31. The number of fused-ring (bicyclic) bond motifs is 1. The average Bonchev–Trinajstić information content (AvgIpc) is 2.54. The number of anilines is 1. The minimum absolute atomic E-state index is 0.0750. The van der Waals surface area contributed by atoms with Crippen LogP contribution >= 0.6 is 0 Å². The lowest BCUT2D eigenvalue weighted by atomic mass is 10.1. The molecule has 0 fully saturated rings. The first-order valence-corrected chi connectivity index (χ1v) is 4.81. The van der Waals surface area contributed by atoms with E-state index in [1.807, 2.05) is 0 Å². The Morgan fingerprint density at radius 2 is 2.12 bits per heavy atom. The normalized spacial score (nSPS) is 13.8. The van der Waals surface area contributed by atoms with Gasteiger partial charge >= 0.3 is 0 Å². The summed E-state index contributed by atoms with van der Waals surface area (Å²) in [6.45, 7) is 3.69. The summed E-state index contributed by atoms with van der Waals surface area (Å²) >= 11 is 0. The molecule has 0 N–H and O–H groups in total. The Hall–Kier alpha value is -2.50. The number of carbonyl (C=O) groups excluding carboxylic acids is 2. The van der Waals surface area contributed by atoms with Crippen LogP contribution in [0.3, 0.4) is 0 Å². The van der Waals surface area contributed by atoms with Crippen LogP contribution in [0.25, 0.3) is 0 Å². The number of hydrogen-bond donors (Lipinski definition) is 0. The molecule has 0 spiro atoms. The largest absolute Gasteiger partial charge is 0.301 e. The Labute approximate surface area is 96.3 Å². The Bertz CT molecular complexity index is 550. The summed E-state index contributed by atoms with van der Waals surface area (Å²) in [5, 5.41) is 10.6. The van der Waals surface area contributed by atoms with Crippen molar-refractivity contribution in [3.05, 3.63) is 46.5 Å². The fourth-order valence-electron chi connectivity index (χ4n) is 1.71. The van der Waals surface area contributed by atoms with Crippen LogP contribution in [0.5, 0.6) is 0 Å². The van der Waals surface area contributed by atoms with Crippen LogP contribution in [0, 0.1) is 10.1 Å². The monoisotopic (exact) mass is 232 g/mol. The summed E-state index contributed by atoms with van der Waals surface area (Å²) < 4.78 is 0. The first kappa shape index (κ1) is 11.0. The van der Waals surface area contributed by atoms with Crippen molar-refractivity contribution in [2.75, 3.05) is 11.4 Å². The van der Waals surface area contributed by atoms with Gasteiger partial charge in [-0.1, -0.05) is 6.08 Å². The Morgan fingerprint density at radius 3 is 2.71 bits per heavy atom. The number of carbonyl (C=O) groups is 2. The van der Waals surface area contributed by atoms with Gasteiger partial charge in [0.05, 0.1) is 16.2 Å². The van der Waals surface area contributed by atoms with Crippen molar-refractivity contribution in [1.82, 2.24) is 0 Å². The van der Waals surface area contributed by atoms with Crippen molar-refractivity contribution in [3.63, 3.8) is 0 Å². The van der Waals surface area contributed by atoms with Gasteiger partial charge in [0, 0.05) is 18.7 Å². The van der Waals surface area contributed by atoms with Crippen molar-refractivity contribution in [1.29, 1.82) is 0 Å². The molecule has 0 aliphatic carbocycles. The molecule has 0 bridgehead atoms. The number of rotatable bonds is 3. The molecule has 1 aromatic carbocycles. The highest BCUT2D eigenvalue weighted by atomic mass is 16.6. The molecule has 1 aliphatic rings. The van der Waals surface area contributed by atoms with Crippen LogP contribution in [0.2, 0.25) is 0 Å². The SMILES string of the molecule is C=CCN1C(=O)C(=O)c2cc([N+](=O)[O-])ccc21. The number of Topliss-reactive ketones (excluding diaryl/α,β-unsaturated/α-hetero) is 1. The first-order valence-electron chi connectivity index (χ1n) is 4.81. The molecule has 0 atom stereocenters. The fourth-order valence-corrected chi connectivity index (χ4v) is 1.71. The zero-order valence-corrected chi connectivity index (χ0v) is 8.75. The predicted molar refractivity (Wildman–Crippen MR) is 60.0 cm³/mol. The Morgan fingerprint density at radius 1 is 1.41 bits per heavy atom. The van der Waals surface area contributed by atoms with Crippen LogP contribution in [0.15, 0.2) is 30.9 Å². The Kier molecular flexibility index (Phi) is 2.47. The maximum Gasteiger partial charge on any atom is 0.299 e. The van der Waals surface area contributed by atoms with Crippen molar-refractivity contribution >= 4 is 23.1 Å². The van der Waals surface area contributed by atoms with Crippen molar-refractivity contribution < 1.29 is 14.5 Å². The third kappa shape index (κ3) is 1.59. The van der Waals surface area contributed by atoms with E-state index in [2.05, 4.69) is 6.58 Å².